The molecule has 1 N–H and O–H groups in total. The van der Waals surface area contributed by atoms with Crippen LogP contribution in [-0.2, 0) is 0 Å². The summed E-state index contributed by atoms with van der Waals surface area (Å²) in [5.41, 5.74) is 1.90. The first kappa shape index (κ1) is 10.6. The molecule has 3 nitrogen and oxygen atoms in total. The van der Waals surface area contributed by atoms with Crippen LogP contribution in [0.25, 0.3) is 0 Å². The Balaban J connectivity index is 2.55. The lowest BCUT2D eigenvalue weighted by Gasteiger charge is -2.29. The average Bonchev–Trinajstić information content (AvgIpc) is 2.50. The molecule has 0 saturated carbocycles. The van der Waals surface area contributed by atoms with Crippen LogP contribution < -0.4 is 4.90 Å². The quantitative estimate of drug-likeness (QED) is 0.789. The van der Waals surface area contributed by atoms with E-state index >= 15 is 0 Å². The van der Waals surface area contributed by atoms with E-state index in [1.165, 1.54) is 4.88 Å². The fourth-order valence-corrected chi connectivity index (χ4v) is 3.14. The molecule has 15 heavy (non-hydrogen) atoms. The molecule has 0 fully saturated rings. The lowest BCUT2D eigenvalue weighted by atomic mass is 9.93. The second-order valence-corrected chi connectivity index (χ2v) is 5.29. The highest BCUT2D eigenvalue weighted by molar-refractivity contribution is 7.16. The third kappa shape index (κ3) is 1.48. The summed E-state index contributed by atoms with van der Waals surface area (Å²) in [6.45, 7) is 4.59. The normalized spacial score (nSPS) is 20.7. The molecule has 1 atom stereocenters. The van der Waals surface area contributed by atoms with E-state index in [-0.39, 0.29) is 18.3 Å². The predicted molar refractivity (Wildman–Crippen MR) is 62.0 cm³/mol. The van der Waals surface area contributed by atoms with Crippen LogP contribution in [0.15, 0.2) is 0 Å². The monoisotopic (exact) mass is 225 g/mol. The number of anilines is 1. The van der Waals surface area contributed by atoms with Gasteiger partial charge in [-0.2, -0.15) is 0 Å². The van der Waals surface area contributed by atoms with Crippen LogP contribution in [0.5, 0.6) is 0 Å². The Hall–Kier alpha value is -0.870. The molecule has 0 amide bonds. The first-order chi connectivity index (χ1) is 7.06. The number of fused-ring (bicyclic) bond motifs is 1. The molecule has 82 valence electrons. The van der Waals surface area contributed by atoms with Crippen molar-refractivity contribution in [2.75, 3.05) is 25.1 Å². The maximum absolute atomic E-state index is 12.0. The van der Waals surface area contributed by atoms with Gasteiger partial charge in [0.2, 0.25) is 0 Å². The number of aryl methyl sites for hydroxylation is 1. The zero-order valence-electron chi connectivity index (χ0n) is 9.20. The van der Waals surface area contributed by atoms with E-state index < -0.39 is 0 Å². The minimum atomic E-state index is -0.254. The molecule has 0 aliphatic carbocycles. The number of aliphatic hydroxyl groups is 1. The maximum atomic E-state index is 12.0. The van der Waals surface area contributed by atoms with E-state index in [0.29, 0.717) is 6.54 Å². The molecule has 0 aromatic carbocycles. The van der Waals surface area contributed by atoms with Gasteiger partial charge in [0, 0.05) is 18.5 Å². The summed E-state index contributed by atoms with van der Waals surface area (Å²) in [5.74, 6) is -0.150. The van der Waals surface area contributed by atoms with Crippen LogP contribution in [0.2, 0.25) is 0 Å². The van der Waals surface area contributed by atoms with E-state index in [4.69, 9.17) is 5.11 Å². The molecular formula is C11H15NO2S. The Morgan fingerprint density at radius 2 is 2.20 bits per heavy atom. The largest absolute Gasteiger partial charge is 0.396 e. The van der Waals surface area contributed by atoms with Gasteiger partial charge < -0.3 is 10.0 Å². The van der Waals surface area contributed by atoms with E-state index in [1.807, 2.05) is 20.9 Å². The van der Waals surface area contributed by atoms with E-state index in [0.717, 1.165) is 16.1 Å². The highest BCUT2D eigenvalue weighted by Crippen LogP contribution is 2.39. The van der Waals surface area contributed by atoms with Crippen molar-refractivity contribution in [2.24, 2.45) is 5.92 Å². The Labute approximate surface area is 93.3 Å². The van der Waals surface area contributed by atoms with Crippen molar-refractivity contribution in [1.29, 1.82) is 0 Å². The van der Waals surface area contributed by atoms with Crippen LogP contribution in [-0.4, -0.2) is 31.1 Å². The van der Waals surface area contributed by atoms with Gasteiger partial charge in [0.1, 0.15) is 5.00 Å². The average molecular weight is 225 g/mol. The summed E-state index contributed by atoms with van der Waals surface area (Å²) in [6.07, 6.45) is 0. The zero-order chi connectivity index (χ0) is 11.2. The predicted octanol–water partition coefficient (Wildman–Crippen LogP) is 1.61. The van der Waals surface area contributed by atoms with Gasteiger partial charge >= 0.3 is 0 Å². The topological polar surface area (TPSA) is 40.5 Å². The molecule has 2 heterocycles. The molecule has 1 unspecified atom stereocenters. The van der Waals surface area contributed by atoms with Gasteiger partial charge in [-0.05, 0) is 19.4 Å². The van der Waals surface area contributed by atoms with E-state index in [2.05, 4.69) is 4.90 Å². The van der Waals surface area contributed by atoms with Gasteiger partial charge in [0.25, 0.3) is 0 Å². The highest BCUT2D eigenvalue weighted by atomic mass is 32.1. The second kappa shape index (κ2) is 3.61. The third-order valence-corrected chi connectivity index (χ3v) is 4.37. The van der Waals surface area contributed by atoms with Crippen molar-refractivity contribution in [1.82, 2.24) is 0 Å². The molecule has 0 spiro atoms. The SMILES string of the molecule is Cc1sc2c(c1C)C(=O)C(CO)CN2C. The van der Waals surface area contributed by atoms with Crippen molar-refractivity contribution in [2.45, 2.75) is 13.8 Å². The van der Waals surface area contributed by atoms with Gasteiger partial charge in [0.15, 0.2) is 5.78 Å². The number of carbonyl (C=O) groups is 1. The first-order valence-electron chi connectivity index (χ1n) is 5.02. The molecular weight excluding hydrogens is 210 g/mol. The summed E-state index contributed by atoms with van der Waals surface area (Å²) in [4.78, 5) is 15.3. The first-order valence-corrected chi connectivity index (χ1v) is 5.84. The number of ketones is 1. The Morgan fingerprint density at radius 1 is 1.53 bits per heavy atom. The van der Waals surface area contributed by atoms with Crippen molar-refractivity contribution >= 4 is 22.1 Å². The molecule has 0 bridgehead atoms. The Kier molecular flexibility index (Phi) is 2.56. The second-order valence-electron chi connectivity index (χ2n) is 4.09. The Morgan fingerprint density at radius 3 is 2.80 bits per heavy atom. The number of thiophene rings is 1. The summed E-state index contributed by atoms with van der Waals surface area (Å²) in [6, 6.07) is 0. The van der Waals surface area contributed by atoms with Crippen LogP contribution in [0.1, 0.15) is 20.8 Å². The minimum absolute atomic E-state index is 0.0586. The molecule has 1 aromatic heterocycles. The number of Topliss-reactive ketones (excluding diaryl/α,β-unsaturated/α-hetero) is 1. The van der Waals surface area contributed by atoms with Gasteiger partial charge in [-0.3, -0.25) is 4.79 Å². The molecule has 0 saturated heterocycles. The maximum Gasteiger partial charge on any atom is 0.173 e. The van der Waals surface area contributed by atoms with E-state index in [9.17, 15) is 4.79 Å². The number of hydrogen-bond acceptors (Lipinski definition) is 4. The fourth-order valence-electron chi connectivity index (χ4n) is 2.01. The van der Waals surface area contributed by atoms with Crippen LogP contribution in [0, 0.1) is 19.8 Å². The molecule has 0 radical (unpaired) electrons. The van der Waals surface area contributed by atoms with Crippen LogP contribution >= 0.6 is 11.3 Å². The number of nitrogens with zero attached hydrogens (tertiary/aromatic N) is 1. The van der Waals surface area contributed by atoms with Crippen LogP contribution in [0.4, 0.5) is 5.00 Å². The lowest BCUT2D eigenvalue weighted by molar-refractivity contribution is 0.0859. The number of hydrogen-bond donors (Lipinski definition) is 1. The molecule has 4 heteroatoms. The van der Waals surface area contributed by atoms with Gasteiger partial charge in [-0.25, -0.2) is 0 Å². The van der Waals surface area contributed by atoms with Gasteiger partial charge in [0.05, 0.1) is 18.1 Å². The number of aliphatic hydroxyl groups excluding tert-OH is 1. The standard InChI is InChI=1S/C11H15NO2S/c1-6-7(2)15-11-9(6)10(14)8(5-13)4-12(11)3/h8,13H,4-5H2,1-3H3. The lowest BCUT2D eigenvalue weighted by Crippen LogP contribution is -2.37. The van der Waals surface area contributed by atoms with Crippen molar-refractivity contribution in [3.8, 4) is 0 Å². The highest BCUT2D eigenvalue weighted by Gasteiger charge is 2.33. The summed E-state index contributed by atoms with van der Waals surface area (Å²) >= 11 is 1.66. The molecule has 1 aromatic rings. The van der Waals surface area contributed by atoms with Gasteiger partial charge in [-0.15, -0.1) is 11.3 Å². The van der Waals surface area contributed by atoms with Crippen LogP contribution in [0.3, 0.4) is 0 Å². The zero-order valence-corrected chi connectivity index (χ0v) is 10.0. The summed E-state index contributed by atoms with van der Waals surface area (Å²) < 4.78 is 0. The van der Waals surface area contributed by atoms with Gasteiger partial charge in [-0.1, -0.05) is 0 Å². The van der Waals surface area contributed by atoms with Crippen molar-refractivity contribution in [3.05, 3.63) is 16.0 Å². The number of rotatable bonds is 1. The summed E-state index contributed by atoms with van der Waals surface area (Å²) in [7, 11) is 1.98. The summed E-state index contributed by atoms with van der Waals surface area (Å²) in [5, 5.41) is 10.2. The third-order valence-electron chi connectivity index (χ3n) is 3.05. The molecule has 1 aliphatic rings. The smallest absolute Gasteiger partial charge is 0.173 e. The Bertz CT molecular complexity index is 411. The molecule has 2 rings (SSSR count). The molecule has 1 aliphatic heterocycles. The minimum Gasteiger partial charge on any atom is -0.396 e. The van der Waals surface area contributed by atoms with E-state index in [1.54, 1.807) is 11.3 Å². The number of carbonyl (C=O) groups excluding carboxylic acids is 1. The fraction of sp³-hybridized carbons (Fsp3) is 0.545. The van der Waals surface area contributed by atoms with Crippen molar-refractivity contribution < 1.29 is 9.90 Å². The van der Waals surface area contributed by atoms with Crippen molar-refractivity contribution in [3.63, 3.8) is 0 Å².